The fourth-order valence-corrected chi connectivity index (χ4v) is 2.92. The first-order valence-corrected chi connectivity index (χ1v) is 7.29. The van der Waals surface area contributed by atoms with E-state index in [4.69, 9.17) is 17.3 Å². The summed E-state index contributed by atoms with van der Waals surface area (Å²) >= 11 is 5.77. The molecule has 0 amide bonds. The fraction of sp³-hybridized carbons (Fsp3) is 0.0833. The second-order valence-corrected chi connectivity index (χ2v) is 6.36. The molecule has 5 nitrogen and oxygen atoms in total. The van der Waals surface area contributed by atoms with Crippen LogP contribution in [0, 0.1) is 5.82 Å². The van der Waals surface area contributed by atoms with E-state index >= 15 is 0 Å². The van der Waals surface area contributed by atoms with E-state index < -0.39 is 15.8 Å². The molecule has 0 fully saturated rings. The lowest BCUT2D eigenvalue weighted by Gasteiger charge is -2.19. The largest absolute Gasteiger partial charge is 0.382 e. The fourth-order valence-electron chi connectivity index (χ4n) is 1.52. The van der Waals surface area contributed by atoms with Gasteiger partial charge in [0.2, 0.25) is 0 Å². The van der Waals surface area contributed by atoms with Gasteiger partial charge < -0.3 is 5.73 Å². The Kier molecular flexibility index (Phi) is 3.82. The molecule has 0 bridgehead atoms. The molecule has 0 unspecified atom stereocenters. The maximum atomic E-state index is 12.9. The van der Waals surface area contributed by atoms with Crippen LogP contribution in [0.2, 0.25) is 5.02 Å². The molecule has 0 saturated heterocycles. The summed E-state index contributed by atoms with van der Waals surface area (Å²) in [7, 11) is -2.48. The second-order valence-electron chi connectivity index (χ2n) is 3.99. The number of pyridine rings is 1. The van der Waals surface area contributed by atoms with Crippen molar-refractivity contribution in [1.29, 1.82) is 0 Å². The number of nitrogens with two attached hydrogens (primary N) is 1. The Morgan fingerprint density at radius 3 is 2.45 bits per heavy atom. The Morgan fingerprint density at radius 2 is 1.90 bits per heavy atom. The molecule has 8 heteroatoms. The highest BCUT2D eigenvalue weighted by Gasteiger charge is 2.22. The molecule has 2 N–H and O–H groups in total. The number of rotatable bonds is 3. The molecule has 0 atom stereocenters. The molecule has 0 saturated carbocycles. The van der Waals surface area contributed by atoms with Crippen LogP contribution in [0.5, 0.6) is 0 Å². The van der Waals surface area contributed by atoms with Crippen LogP contribution >= 0.6 is 11.6 Å². The first kappa shape index (κ1) is 14.5. The van der Waals surface area contributed by atoms with Crippen molar-refractivity contribution in [3.8, 4) is 0 Å². The van der Waals surface area contributed by atoms with Crippen molar-refractivity contribution in [2.75, 3.05) is 17.1 Å². The molecular formula is C12H11ClFN3O2S. The lowest BCUT2D eigenvalue weighted by atomic mass is 10.3. The molecule has 20 heavy (non-hydrogen) atoms. The molecule has 0 aliphatic rings. The van der Waals surface area contributed by atoms with Gasteiger partial charge >= 0.3 is 0 Å². The van der Waals surface area contributed by atoms with Gasteiger partial charge in [-0.25, -0.2) is 17.8 Å². The summed E-state index contributed by atoms with van der Waals surface area (Å²) in [6.45, 7) is 0. The monoisotopic (exact) mass is 315 g/mol. The number of halogens is 2. The third-order valence-electron chi connectivity index (χ3n) is 2.69. The van der Waals surface area contributed by atoms with Crippen molar-refractivity contribution in [3.05, 3.63) is 47.4 Å². The Hall–Kier alpha value is -1.86. The number of benzene rings is 1. The zero-order valence-electron chi connectivity index (χ0n) is 10.4. The number of hydrogen-bond acceptors (Lipinski definition) is 4. The average Bonchev–Trinajstić information content (AvgIpc) is 2.41. The van der Waals surface area contributed by atoms with E-state index in [-0.39, 0.29) is 15.7 Å². The molecular weight excluding hydrogens is 305 g/mol. The lowest BCUT2D eigenvalue weighted by molar-refractivity contribution is 0.593. The van der Waals surface area contributed by atoms with Crippen LogP contribution in [0.3, 0.4) is 0 Å². The third-order valence-corrected chi connectivity index (χ3v) is 4.75. The standard InChI is InChI=1S/C12H11ClFN3O2S/c1-17(9-4-2-8(14)3-5-9)20(18,19)10-6-11(13)12(15)16-7-10/h2-7H,1H3,(H2,15,16). The zero-order chi connectivity index (χ0) is 14.9. The number of nitrogen functional groups attached to an aromatic ring is 1. The Balaban J connectivity index is 2.43. The minimum atomic E-state index is -3.84. The maximum absolute atomic E-state index is 12.9. The van der Waals surface area contributed by atoms with Crippen LogP contribution in [-0.2, 0) is 10.0 Å². The van der Waals surface area contributed by atoms with Gasteiger partial charge in [0.15, 0.2) is 0 Å². The number of hydrogen-bond donors (Lipinski definition) is 1. The molecule has 106 valence electrons. The van der Waals surface area contributed by atoms with E-state index in [2.05, 4.69) is 4.98 Å². The molecule has 2 aromatic rings. The van der Waals surface area contributed by atoms with Crippen LogP contribution in [0.25, 0.3) is 0 Å². The summed E-state index contributed by atoms with van der Waals surface area (Å²) < 4.78 is 38.6. The molecule has 0 radical (unpaired) electrons. The van der Waals surface area contributed by atoms with Crippen molar-refractivity contribution >= 4 is 33.1 Å². The van der Waals surface area contributed by atoms with E-state index in [1.54, 1.807) is 0 Å². The number of nitrogens with zero attached hydrogens (tertiary/aromatic N) is 2. The van der Waals surface area contributed by atoms with E-state index in [1.165, 1.54) is 37.4 Å². The highest BCUT2D eigenvalue weighted by Crippen LogP contribution is 2.25. The summed E-state index contributed by atoms with van der Waals surface area (Å²) in [6.07, 6.45) is 1.12. The van der Waals surface area contributed by atoms with Crippen molar-refractivity contribution in [2.45, 2.75) is 4.90 Å². The maximum Gasteiger partial charge on any atom is 0.265 e. The highest BCUT2D eigenvalue weighted by molar-refractivity contribution is 7.92. The molecule has 1 aromatic heterocycles. The molecule has 0 spiro atoms. The van der Waals surface area contributed by atoms with Crippen molar-refractivity contribution in [2.24, 2.45) is 0 Å². The lowest BCUT2D eigenvalue weighted by Crippen LogP contribution is -2.26. The van der Waals surface area contributed by atoms with Gasteiger partial charge in [-0.3, -0.25) is 4.31 Å². The van der Waals surface area contributed by atoms with Gasteiger partial charge in [0.25, 0.3) is 10.0 Å². The van der Waals surface area contributed by atoms with Gasteiger partial charge in [-0.2, -0.15) is 0 Å². The van der Waals surface area contributed by atoms with Crippen LogP contribution in [0.1, 0.15) is 0 Å². The minimum absolute atomic E-state index is 0.0510. The van der Waals surface area contributed by atoms with Gasteiger partial charge in [-0.1, -0.05) is 11.6 Å². The predicted molar refractivity (Wildman–Crippen MR) is 75.6 cm³/mol. The van der Waals surface area contributed by atoms with Crippen LogP contribution in [0.15, 0.2) is 41.4 Å². The van der Waals surface area contributed by atoms with Crippen molar-refractivity contribution < 1.29 is 12.8 Å². The molecule has 0 aliphatic carbocycles. The minimum Gasteiger partial charge on any atom is -0.382 e. The summed E-state index contributed by atoms with van der Waals surface area (Å²) in [5, 5.41) is 0.0542. The van der Waals surface area contributed by atoms with Crippen LogP contribution in [0.4, 0.5) is 15.9 Å². The number of anilines is 2. The predicted octanol–water partition coefficient (Wildman–Crippen LogP) is 2.28. The summed E-state index contributed by atoms with van der Waals surface area (Å²) in [4.78, 5) is 3.62. The van der Waals surface area contributed by atoms with E-state index in [0.29, 0.717) is 5.69 Å². The Labute approximate surface area is 120 Å². The first-order chi connectivity index (χ1) is 9.32. The van der Waals surface area contributed by atoms with Crippen LogP contribution in [-0.4, -0.2) is 20.4 Å². The SMILES string of the molecule is CN(c1ccc(F)cc1)S(=O)(=O)c1cnc(N)c(Cl)c1. The van der Waals surface area contributed by atoms with Gasteiger partial charge in [0.05, 0.1) is 10.7 Å². The van der Waals surface area contributed by atoms with E-state index in [0.717, 1.165) is 10.5 Å². The first-order valence-electron chi connectivity index (χ1n) is 5.48. The molecule has 1 aromatic carbocycles. The van der Waals surface area contributed by atoms with Gasteiger partial charge in [-0.15, -0.1) is 0 Å². The molecule has 1 heterocycles. The van der Waals surface area contributed by atoms with Gasteiger partial charge in [0.1, 0.15) is 16.5 Å². The smallest absolute Gasteiger partial charge is 0.265 e. The van der Waals surface area contributed by atoms with Gasteiger partial charge in [0, 0.05) is 13.2 Å². The van der Waals surface area contributed by atoms with Crippen molar-refractivity contribution in [1.82, 2.24) is 4.98 Å². The average molecular weight is 316 g/mol. The number of aromatic nitrogens is 1. The summed E-state index contributed by atoms with van der Waals surface area (Å²) in [5.74, 6) is -0.396. The van der Waals surface area contributed by atoms with Gasteiger partial charge in [-0.05, 0) is 30.3 Å². The van der Waals surface area contributed by atoms with E-state index in [9.17, 15) is 12.8 Å². The third kappa shape index (κ3) is 2.68. The molecule has 0 aliphatic heterocycles. The highest BCUT2D eigenvalue weighted by atomic mass is 35.5. The topological polar surface area (TPSA) is 76.3 Å². The zero-order valence-corrected chi connectivity index (χ0v) is 12.0. The summed E-state index contributed by atoms with van der Waals surface area (Å²) in [6, 6.07) is 6.29. The number of sulfonamides is 1. The van der Waals surface area contributed by atoms with Crippen LogP contribution < -0.4 is 10.0 Å². The summed E-state index contributed by atoms with van der Waals surface area (Å²) in [5.41, 5.74) is 5.76. The normalized spacial score (nSPS) is 11.3. The quantitative estimate of drug-likeness (QED) is 0.942. The Morgan fingerprint density at radius 1 is 1.30 bits per heavy atom. The van der Waals surface area contributed by atoms with Crippen molar-refractivity contribution in [3.63, 3.8) is 0 Å². The van der Waals surface area contributed by atoms with E-state index in [1.807, 2.05) is 0 Å². The second kappa shape index (κ2) is 5.26. The molecule has 2 rings (SSSR count). The Bertz CT molecular complexity index is 735.